The van der Waals surface area contributed by atoms with Crippen molar-refractivity contribution in [3.8, 4) is 17.4 Å². The molecule has 0 bridgehead atoms. The molecule has 0 aliphatic heterocycles. The Bertz CT molecular complexity index is 1490. The fraction of sp³-hybridized carbons (Fsp3) is 0. The van der Waals surface area contributed by atoms with Crippen LogP contribution in [0.5, 0.6) is 0 Å². The summed E-state index contributed by atoms with van der Waals surface area (Å²) in [5.74, 6) is 0.198. The van der Waals surface area contributed by atoms with Gasteiger partial charge in [-0.05, 0) is 47.9 Å². The quantitative estimate of drug-likeness (QED) is 0.351. The molecule has 0 radical (unpaired) electrons. The Morgan fingerprint density at radius 2 is 1.69 bits per heavy atom. The van der Waals surface area contributed by atoms with Gasteiger partial charge in [-0.25, -0.2) is 13.6 Å². The molecule has 0 unspecified atom stereocenters. The first-order valence-electron chi connectivity index (χ1n) is 9.49. The largest absolute Gasteiger partial charge is 0.457 e. The average molecular weight is 443 g/mol. The lowest BCUT2D eigenvalue weighted by Crippen LogP contribution is -2.13. The van der Waals surface area contributed by atoms with Gasteiger partial charge in [0.05, 0.1) is 4.90 Å². The Hall–Kier alpha value is -4.19. The topological polar surface area (TPSA) is 126 Å². The molecule has 3 aromatic carbocycles. The van der Waals surface area contributed by atoms with Gasteiger partial charge in [-0.1, -0.05) is 36.4 Å². The summed E-state index contributed by atoms with van der Waals surface area (Å²) < 4.78 is 28.5. The summed E-state index contributed by atoms with van der Waals surface area (Å²) in [6.07, 6.45) is 1.35. The molecular weight excluding hydrogens is 426 g/mol. The number of carbonyl (C=O) groups is 1. The van der Waals surface area contributed by atoms with Gasteiger partial charge >= 0.3 is 0 Å². The molecule has 1 amide bonds. The lowest BCUT2D eigenvalue weighted by Gasteiger charge is -2.08. The monoisotopic (exact) mass is 443 g/mol. The van der Waals surface area contributed by atoms with Gasteiger partial charge in [0.2, 0.25) is 10.0 Å². The molecule has 1 aromatic heterocycles. The highest BCUT2D eigenvalue weighted by molar-refractivity contribution is 7.89. The number of carbonyl (C=O) groups excluding carboxylic acids is 1. The number of nitrogens with zero attached hydrogens (tertiary/aromatic N) is 1. The van der Waals surface area contributed by atoms with Gasteiger partial charge in [0.25, 0.3) is 5.91 Å². The summed E-state index contributed by atoms with van der Waals surface area (Å²) in [5.41, 5.74) is 1.10. The van der Waals surface area contributed by atoms with Gasteiger partial charge in [0.1, 0.15) is 23.2 Å². The number of hydrogen-bond acceptors (Lipinski definition) is 5. The van der Waals surface area contributed by atoms with Crippen LogP contribution in [0.1, 0.15) is 5.76 Å². The molecule has 0 aliphatic carbocycles. The molecule has 0 spiro atoms. The van der Waals surface area contributed by atoms with Crippen LogP contribution in [0.4, 0.5) is 5.69 Å². The lowest BCUT2D eigenvalue weighted by atomic mass is 10.1. The number of amides is 1. The van der Waals surface area contributed by atoms with Crippen molar-refractivity contribution in [3.05, 3.63) is 90.2 Å². The third-order valence-corrected chi connectivity index (χ3v) is 5.71. The van der Waals surface area contributed by atoms with Crippen molar-refractivity contribution in [2.24, 2.45) is 5.14 Å². The standard InChI is InChI=1S/C24H17N3O4S/c25-15-18(24(28)27-22-7-3-5-16-4-1-2-6-21(16)22)14-19-10-13-23(31-19)17-8-11-20(12-9-17)32(26,29)30/h1-14H,(H,27,28)(H2,26,29,30)/b18-14+. The van der Waals surface area contributed by atoms with E-state index in [1.54, 1.807) is 30.3 Å². The van der Waals surface area contributed by atoms with Crippen molar-refractivity contribution < 1.29 is 17.6 Å². The molecule has 3 N–H and O–H groups in total. The van der Waals surface area contributed by atoms with E-state index in [2.05, 4.69) is 5.32 Å². The number of primary sulfonamides is 1. The summed E-state index contributed by atoms with van der Waals surface area (Å²) in [7, 11) is -3.79. The third-order valence-electron chi connectivity index (χ3n) is 4.78. The van der Waals surface area contributed by atoms with E-state index in [1.165, 1.54) is 18.2 Å². The highest BCUT2D eigenvalue weighted by Crippen LogP contribution is 2.26. The molecular formula is C24H17N3O4S. The molecule has 0 fully saturated rings. The number of benzene rings is 3. The number of anilines is 1. The van der Waals surface area contributed by atoms with Gasteiger partial charge in [0, 0.05) is 22.7 Å². The molecule has 4 rings (SSSR count). The number of sulfonamides is 1. The Morgan fingerprint density at radius 1 is 0.969 bits per heavy atom. The van der Waals surface area contributed by atoms with E-state index in [-0.39, 0.29) is 10.5 Å². The molecule has 1 heterocycles. The number of nitrogens with one attached hydrogen (secondary N) is 1. The first-order valence-corrected chi connectivity index (χ1v) is 11.0. The van der Waals surface area contributed by atoms with Gasteiger partial charge in [0.15, 0.2) is 0 Å². The van der Waals surface area contributed by atoms with E-state index >= 15 is 0 Å². The molecule has 0 saturated carbocycles. The molecule has 7 nitrogen and oxygen atoms in total. The van der Waals surface area contributed by atoms with E-state index in [0.29, 0.717) is 22.8 Å². The van der Waals surface area contributed by atoms with Gasteiger partial charge in [-0.3, -0.25) is 4.79 Å². The highest BCUT2D eigenvalue weighted by atomic mass is 32.2. The second-order valence-electron chi connectivity index (χ2n) is 6.92. The van der Waals surface area contributed by atoms with Crippen LogP contribution in [0, 0.1) is 11.3 Å². The lowest BCUT2D eigenvalue weighted by molar-refractivity contribution is -0.112. The van der Waals surface area contributed by atoms with Crippen LogP contribution in [-0.4, -0.2) is 14.3 Å². The molecule has 0 aliphatic rings. The zero-order valence-electron chi connectivity index (χ0n) is 16.6. The fourth-order valence-corrected chi connectivity index (χ4v) is 3.72. The van der Waals surface area contributed by atoms with Crippen LogP contribution in [0.3, 0.4) is 0 Å². The highest BCUT2D eigenvalue weighted by Gasteiger charge is 2.13. The first kappa shape index (κ1) is 21.1. The van der Waals surface area contributed by atoms with Crippen LogP contribution in [-0.2, 0) is 14.8 Å². The van der Waals surface area contributed by atoms with Crippen molar-refractivity contribution in [3.63, 3.8) is 0 Å². The summed E-state index contributed by atoms with van der Waals surface area (Å²) in [4.78, 5) is 12.7. The maximum Gasteiger partial charge on any atom is 0.266 e. The predicted molar refractivity (Wildman–Crippen MR) is 122 cm³/mol. The summed E-state index contributed by atoms with van der Waals surface area (Å²) in [6, 6.07) is 24.2. The van der Waals surface area contributed by atoms with Crippen LogP contribution >= 0.6 is 0 Å². The summed E-state index contributed by atoms with van der Waals surface area (Å²) >= 11 is 0. The van der Waals surface area contributed by atoms with Crippen LogP contribution in [0.15, 0.2) is 93.7 Å². The third kappa shape index (κ3) is 4.44. The van der Waals surface area contributed by atoms with E-state index in [4.69, 9.17) is 9.56 Å². The predicted octanol–water partition coefficient (Wildman–Crippen LogP) is 4.29. The van der Waals surface area contributed by atoms with Crippen molar-refractivity contribution in [1.82, 2.24) is 0 Å². The Kier molecular flexibility index (Phi) is 5.60. The van der Waals surface area contributed by atoms with Crippen molar-refractivity contribution >= 4 is 38.5 Å². The number of fused-ring (bicyclic) bond motifs is 1. The minimum Gasteiger partial charge on any atom is -0.457 e. The summed E-state index contributed by atoms with van der Waals surface area (Å²) in [5, 5.41) is 19.2. The van der Waals surface area contributed by atoms with E-state index in [9.17, 15) is 18.5 Å². The number of hydrogen-bond donors (Lipinski definition) is 2. The van der Waals surface area contributed by atoms with Crippen molar-refractivity contribution in [2.75, 3.05) is 5.32 Å². The first-order chi connectivity index (χ1) is 15.3. The number of nitriles is 1. The molecule has 158 valence electrons. The number of rotatable bonds is 5. The smallest absolute Gasteiger partial charge is 0.266 e. The molecule has 0 saturated heterocycles. The van der Waals surface area contributed by atoms with E-state index in [1.807, 2.05) is 42.5 Å². The second-order valence-corrected chi connectivity index (χ2v) is 8.48. The minimum absolute atomic E-state index is 0.00945. The van der Waals surface area contributed by atoms with Crippen LogP contribution in [0.25, 0.3) is 28.2 Å². The molecule has 8 heteroatoms. The fourth-order valence-electron chi connectivity index (χ4n) is 3.21. The van der Waals surface area contributed by atoms with E-state index in [0.717, 1.165) is 10.8 Å². The van der Waals surface area contributed by atoms with Gasteiger partial charge in [-0.2, -0.15) is 5.26 Å². The zero-order valence-corrected chi connectivity index (χ0v) is 17.5. The molecule has 0 atom stereocenters. The van der Waals surface area contributed by atoms with Crippen LogP contribution in [0.2, 0.25) is 0 Å². The molecule has 32 heavy (non-hydrogen) atoms. The SMILES string of the molecule is N#C/C(=C\c1ccc(-c2ccc(S(N)(=O)=O)cc2)o1)C(=O)Nc1cccc2ccccc12. The number of nitrogens with two attached hydrogens (primary N) is 1. The second kappa shape index (κ2) is 8.51. The Morgan fingerprint density at radius 3 is 2.41 bits per heavy atom. The normalized spacial score (nSPS) is 11.8. The minimum atomic E-state index is -3.79. The van der Waals surface area contributed by atoms with Gasteiger partial charge < -0.3 is 9.73 Å². The molecule has 4 aromatic rings. The zero-order chi connectivity index (χ0) is 22.7. The van der Waals surface area contributed by atoms with Crippen LogP contribution < -0.4 is 10.5 Å². The Labute approximate surface area is 184 Å². The Balaban J connectivity index is 1.57. The maximum atomic E-state index is 12.7. The average Bonchev–Trinajstić information content (AvgIpc) is 3.26. The van der Waals surface area contributed by atoms with E-state index < -0.39 is 15.9 Å². The van der Waals surface area contributed by atoms with Crippen molar-refractivity contribution in [2.45, 2.75) is 4.90 Å². The van der Waals surface area contributed by atoms with Crippen molar-refractivity contribution in [1.29, 1.82) is 5.26 Å². The summed E-state index contributed by atoms with van der Waals surface area (Å²) in [6.45, 7) is 0. The van der Waals surface area contributed by atoms with Gasteiger partial charge in [-0.15, -0.1) is 0 Å². The maximum absolute atomic E-state index is 12.7. The number of furan rings is 1.